The zero-order valence-electron chi connectivity index (χ0n) is 24.5. The van der Waals surface area contributed by atoms with Gasteiger partial charge in [0.15, 0.2) is 0 Å². The number of alkyl halides is 3. The number of nitrogens with zero attached hydrogens (tertiary/aromatic N) is 3. The third-order valence-electron chi connectivity index (χ3n) is 7.21. The zero-order chi connectivity index (χ0) is 33.2. The summed E-state index contributed by atoms with van der Waals surface area (Å²) in [6.07, 6.45) is -4.71. The summed E-state index contributed by atoms with van der Waals surface area (Å²) in [5.74, 6) is -0.795. The lowest BCUT2D eigenvalue weighted by Crippen LogP contribution is -2.41. The van der Waals surface area contributed by atoms with Crippen molar-refractivity contribution in [2.45, 2.75) is 38.0 Å². The van der Waals surface area contributed by atoms with Crippen LogP contribution >= 0.6 is 11.6 Å². The second-order valence-corrected chi connectivity index (χ2v) is 12.5. The number of aryl methyl sites for hydroxylation is 2. The predicted octanol–water partition coefficient (Wildman–Crippen LogP) is 6.51. The molecular weight excluding hydrogens is 643 g/mol. The van der Waals surface area contributed by atoms with Crippen molar-refractivity contribution in [3.8, 4) is 0 Å². The number of benzene rings is 4. The number of hydrazine groups is 1. The standard InChI is InChI=1S/C32H27ClF3N5O4S/c1-3-40-20(2)37-28-16-22(12-15-29(28)40)30(42)38-39-31(43)26-18-25(13-14-27(26)33)46(44,45)41(19-21-8-5-4-6-9-21)24-11-7-10-23(17-24)32(34,35)36/h4-18H,3,19H2,1-2H3,(H,38,42)(H,39,43). The normalized spacial score (nSPS) is 11.8. The lowest BCUT2D eigenvalue weighted by atomic mass is 10.2. The molecule has 0 atom stereocenters. The fraction of sp³-hybridized carbons (Fsp3) is 0.156. The van der Waals surface area contributed by atoms with Gasteiger partial charge in [-0.25, -0.2) is 13.4 Å². The summed E-state index contributed by atoms with van der Waals surface area (Å²) in [4.78, 5) is 30.0. The highest BCUT2D eigenvalue weighted by Crippen LogP contribution is 2.34. The van der Waals surface area contributed by atoms with Gasteiger partial charge in [-0.15, -0.1) is 0 Å². The van der Waals surface area contributed by atoms with Crippen molar-refractivity contribution in [1.29, 1.82) is 0 Å². The SMILES string of the molecule is CCn1c(C)nc2cc(C(=O)NNC(=O)c3cc(S(=O)(=O)N(Cc4ccccc4)c4cccc(C(F)(F)F)c4)ccc3Cl)ccc21. The smallest absolute Gasteiger partial charge is 0.329 e. The van der Waals surface area contributed by atoms with E-state index in [0.717, 1.165) is 46.0 Å². The van der Waals surface area contributed by atoms with Crippen LogP contribution in [-0.4, -0.2) is 29.8 Å². The maximum absolute atomic E-state index is 14.0. The molecule has 0 aliphatic heterocycles. The Hall–Kier alpha value is -4.88. The summed E-state index contributed by atoms with van der Waals surface area (Å²) in [5.41, 5.74) is 5.13. The van der Waals surface area contributed by atoms with E-state index in [4.69, 9.17) is 11.6 Å². The van der Waals surface area contributed by atoms with Crippen LogP contribution in [0.5, 0.6) is 0 Å². The second-order valence-electron chi connectivity index (χ2n) is 10.2. The van der Waals surface area contributed by atoms with E-state index in [-0.39, 0.29) is 28.4 Å². The summed E-state index contributed by atoms with van der Waals surface area (Å²) in [7, 11) is -4.56. The van der Waals surface area contributed by atoms with Gasteiger partial charge < -0.3 is 4.57 Å². The predicted molar refractivity (Wildman–Crippen MR) is 168 cm³/mol. The highest BCUT2D eigenvalue weighted by molar-refractivity contribution is 7.92. The third kappa shape index (κ3) is 6.70. The number of amides is 2. The number of fused-ring (bicyclic) bond motifs is 1. The molecule has 0 saturated heterocycles. The minimum absolute atomic E-state index is 0.124. The first-order valence-electron chi connectivity index (χ1n) is 13.9. The minimum atomic E-state index is -4.71. The topological polar surface area (TPSA) is 113 Å². The Bertz CT molecular complexity index is 2050. The van der Waals surface area contributed by atoms with E-state index in [2.05, 4.69) is 15.8 Å². The molecule has 238 valence electrons. The highest BCUT2D eigenvalue weighted by Gasteiger charge is 2.33. The molecule has 0 aliphatic carbocycles. The molecule has 0 bridgehead atoms. The lowest BCUT2D eigenvalue weighted by molar-refractivity contribution is -0.137. The van der Waals surface area contributed by atoms with Gasteiger partial charge in [-0.2, -0.15) is 13.2 Å². The summed E-state index contributed by atoms with van der Waals surface area (Å²) in [5, 5.41) is -0.124. The number of nitrogens with one attached hydrogen (secondary N) is 2. The van der Waals surface area contributed by atoms with E-state index >= 15 is 0 Å². The van der Waals surface area contributed by atoms with Crippen molar-refractivity contribution in [3.63, 3.8) is 0 Å². The number of sulfonamides is 1. The Morgan fingerprint density at radius 1 is 0.913 bits per heavy atom. The Morgan fingerprint density at radius 2 is 1.63 bits per heavy atom. The zero-order valence-corrected chi connectivity index (χ0v) is 26.0. The first-order chi connectivity index (χ1) is 21.8. The molecule has 0 unspecified atom stereocenters. The van der Waals surface area contributed by atoms with Crippen LogP contribution in [0.4, 0.5) is 18.9 Å². The maximum atomic E-state index is 14.0. The molecule has 2 N–H and O–H groups in total. The molecule has 2 amide bonds. The first-order valence-corrected chi connectivity index (χ1v) is 15.7. The number of halogens is 4. The lowest BCUT2D eigenvalue weighted by Gasteiger charge is -2.26. The van der Waals surface area contributed by atoms with E-state index in [1.807, 2.05) is 18.4 Å². The van der Waals surface area contributed by atoms with Crippen LogP contribution in [0.15, 0.2) is 95.9 Å². The summed E-state index contributed by atoms with van der Waals surface area (Å²) in [6, 6.07) is 20.5. The van der Waals surface area contributed by atoms with Crippen LogP contribution in [0.1, 0.15) is 44.6 Å². The van der Waals surface area contributed by atoms with Gasteiger partial charge in [-0.3, -0.25) is 24.7 Å². The van der Waals surface area contributed by atoms with Gasteiger partial charge in [0.05, 0.1) is 44.3 Å². The molecule has 0 aliphatic rings. The number of rotatable bonds is 8. The number of hydrogen-bond acceptors (Lipinski definition) is 5. The van der Waals surface area contributed by atoms with Crippen molar-refractivity contribution in [2.75, 3.05) is 4.31 Å². The van der Waals surface area contributed by atoms with Gasteiger partial charge in [-0.05, 0) is 74.0 Å². The van der Waals surface area contributed by atoms with Gasteiger partial charge in [0.2, 0.25) is 0 Å². The molecule has 46 heavy (non-hydrogen) atoms. The van der Waals surface area contributed by atoms with Crippen LogP contribution in [0, 0.1) is 6.92 Å². The molecular formula is C32H27ClF3N5O4S. The van der Waals surface area contributed by atoms with E-state index in [1.165, 1.54) is 12.1 Å². The molecule has 1 aromatic heterocycles. The molecule has 0 fully saturated rings. The molecule has 14 heteroatoms. The van der Waals surface area contributed by atoms with Crippen LogP contribution in [0.3, 0.4) is 0 Å². The molecule has 5 aromatic rings. The van der Waals surface area contributed by atoms with Gasteiger partial charge in [0, 0.05) is 12.1 Å². The molecule has 9 nitrogen and oxygen atoms in total. The summed E-state index contributed by atoms with van der Waals surface area (Å²) >= 11 is 6.25. The number of carbonyl (C=O) groups is 2. The second kappa shape index (κ2) is 12.9. The monoisotopic (exact) mass is 669 g/mol. The summed E-state index contributed by atoms with van der Waals surface area (Å²) < 4.78 is 71.4. The van der Waals surface area contributed by atoms with E-state index in [1.54, 1.807) is 48.5 Å². The average molecular weight is 670 g/mol. The van der Waals surface area contributed by atoms with E-state index in [9.17, 15) is 31.2 Å². The Labute approximate surface area is 267 Å². The first kappa shape index (κ1) is 32.5. The number of anilines is 1. The van der Waals surface area contributed by atoms with Crippen LogP contribution in [-0.2, 0) is 29.3 Å². The Balaban J connectivity index is 1.42. The fourth-order valence-electron chi connectivity index (χ4n) is 4.91. The molecule has 0 spiro atoms. The number of imidazole rings is 1. The Morgan fingerprint density at radius 3 is 2.33 bits per heavy atom. The van der Waals surface area contributed by atoms with Gasteiger partial charge in [-0.1, -0.05) is 48.0 Å². The van der Waals surface area contributed by atoms with Crippen molar-refractivity contribution in [3.05, 3.63) is 124 Å². The van der Waals surface area contributed by atoms with Crippen molar-refractivity contribution in [1.82, 2.24) is 20.4 Å². The molecule has 4 aromatic carbocycles. The maximum Gasteiger partial charge on any atom is 0.416 e. The van der Waals surface area contributed by atoms with Crippen molar-refractivity contribution in [2.24, 2.45) is 0 Å². The molecule has 1 heterocycles. The molecule has 5 rings (SSSR count). The van der Waals surface area contributed by atoms with Crippen LogP contribution < -0.4 is 15.2 Å². The minimum Gasteiger partial charge on any atom is -0.329 e. The highest BCUT2D eigenvalue weighted by atomic mass is 35.5. The van der Waals surface area contributed by atoms with E-state index < -0.39 is 38.5 Å². The van der Waals surface area contributed by atoms with Crippen molar-refractivity contribution >= 4 is 50.2 Å². The average Bonchev–Trinajstić information content (AvgIpc) is 3.36. The molecule has 0 radical (unpaired) electrons. The van der Waals surface area contributed by atoms with E-state index in [0.29, 0.717) is 17.6 Å². The summed E-state index contributed by atoms with van der Waals surface area (Å²) in [6.45, 7) is 4.22. The number of aromatic nitrogens is 2. The van der Waals surface area contributed by atoms with Crippen molar-refractivity contribution < 1.29 is 31.2 Å². The van der Waals surface area contributed by atoms with Gasteiger partial charge in [0.1, 0.15) is 5.82 Å². The fourth-order valence-corrected chi connectivity index (χ4v) is 6.59. The van der Waals surface area contributed by atoms with Gasteiger partial charge >= 0.3 is 6.18 Å². The number of carbonyl (C=O) groups excluding carboxylic acids is 2. The van der Waals surface area contributed by atoms with Crippen LogP contribution in [0.25, 0.3) is 11.0 Å². The Kier molecular flexibility index (Phi) is 9.08. The van der Waals surface area contributed by atoms with Crippen LogP contribution in [0.2, 0.25) is 5.02 Å². The largest absolute Gasteiger partial charge is 0.416 e. The third-order valence-corrected chi connectivity index (χ3v) is 9.31. The number of hydrogen-bond donors (Lipinski definition) is 2. The quantitative estimate of drug-likeness (QED) is 0.183. The molecule has 0 saturated carbocycles. The van der Waals surface area contributed by atoms with Gasteiger partial charge in [0.25, 0.3) is 21.8 Å².